The molecule has 2 aliphatic rings. The van der Waals surface area contributed by atoms with Crippen LogP contribution in [-0.4, -0.2) is 4.57 Å². The molecule has 1 heterocycles. The lowest BCUT2D eigenvalue weighted by atomic mass is 9.62. The Morgan fingerprint density at radius 2 is 0.840 bits per heavy atom. The second-order valence-corrected chi connectivity index (χ2v) is 19.9. The van der Waals surface area contributed by atoms with Crippen molar-refractivity contribution in [2.45, 2.75) is 11.8 Å². The zero-order valence-corrected chi connectivity index (χ0v) is 41.5. The van der Waals surface area contributed by atoms with Crippen molar-refractivity contribution in [3.8, 4) is 61.3 Å². The van der Waals surface area contributed by atoms with Crippen LogP contribution in [0.5, 0.6) is 0 Å². The number of benzene rings is 11. The molecule has 14 rings (SSSR count). The van der Waals surface area contributed by atoms with Gasteiger partial charge in [-0.15, -0.1) is 0 Å². The largest absolute Gasteiger partial charge is 0.311 e. The van der Waals surface area contributed by atoms with Crippen LogP contribution >= 0.6 is 0 Å². The fourth-order valence-electron chi connectivity index (χ4n) is 12.5. The minimum absolute atomic E-state index is 0.277. The summed E-state index contributed by atoms with van der Waals surface area (Å²) in [5.74, 6) is 0.277. The lowest BCUT2D eigenvalue weighted by Gasteiger charge is -2.39. The highest BCUT2D eigenvalue weighted by atomic mass is 15.1. The molecule has 2 nitrogen and oxygen atoms in total. The van der Waals surface area contributed by atoms with Gasteiger partial charge in [0.15, 0.2) is 0 Å². The highest BCUT2D eigenvalue weighted by Gasteiger charge is 2.49. The van der Waals surface area contributed by atoms with Gasteiger partial charge in [-0.25, -0.2) is 0 Å². The first-order valence-corrected chi connectivity index (χ1v) is 26.2. The molecule has 0 spiro atoms. The van der Waals surface area contributed by atoms with Crippen LogP contribution in [-0.2, 0) is 5.41 Å². The molecule has 1 aromatic heterocycles. The quantitative estimate of drug-likeness (QED) is 0.133. The molecule has 354 valence electrons. The van der Waals surface area contributed by atoms with E-state index in [2.05, 4.69) is 307 Å². The molecular weight excluding hydrogens is 905 g/mol. The molecular formula is C73H52N2. The molecule has 11 aromatic carbocycles. The summed E-state index contributed by atoms with van der Waals surface area (Å²) in [5.41, 5.74) is 22.7. The van der Waals surface area contributed by atoms with Gasteiger partial charge in [0.2, 0.25) is 0 Å². The molecule has 0 fully saturated rings. The van der Waals surface area contributed by atoms with E-state index in [1.165, 1.54) is 88.6 Å². The molecule has 0 radical (unpaired) electrons. The van der Waals surface area contributed by atoms with Crippen LogP contribution < -0.4 is 4.90 Å². The van der Waals surface area contributed by atoms with Crippen LogP contribution in [0.2, 0.25) is 0 Å². The monoisotopic (exact) mass is 956 g/mol. The van der Waals surface area contributed by atoms with E-state index in [0.29, 0.717) is 0 Å². The molecule has 75 heavy (non-hydrogen) atoms. The van der Waals surface area contributed by atoms with Gasteiger partial charge in [-0.3, -0.25) is 0 Å². The first kappa shape index (κ1) is 44.2. The minimum atomic E-state index is -0.316. The molecule has 2 atom stereocenters. The molecule has 0 aliphatic heterocycles. The fraction of sp³-hybridized carbons (Fsp3) is 0.0411. The van der Waals surface area contributed by atoms with Crippen LogP contribution in [0.3, 0.4) is 0 Å². The van der Waals surface area contributed by atoms with Gasteiger partial charge in [0.1, 0.15) is 0 Å². The molecule has 0 amide bonds. The SMILES string of the molecule is C1=CCC(C2(c3ccccc3)c3ccccc3-c3cc(-n4c5ccccc5c5ccc(-c6ccccc6-c6ccc(N(c7ccc(-c8ccccc8)cc7)c7ccc(-c8ccccc8)cc7)cc6)cc54)ccc32)C=C1. The molecule has 2 unspecified atom stereocenters. The second kappa shape index (κ2) is 18.5. The smallest absolute Gasteiger partial charge is 0.0547 e. The highest BCUT2D eigenvalue weighted by Crippen LogP contribution is 2.58. The average molecular weight is 957 g/mol. The third-order valence-corrected chi connectivity index (χ3v) is 15.9. The van der Waals surface area contributed by atoms with Gasteiger partial charge in [0.05, 0.1) is 16.4 Å². The van der Waals surface area contributed by atoms with Crippen molar-refractivity contribution >= 4 is 38.9 Å². The van der Waals surface area contributed by atoms with Gasteiger partial charge in [-0.2, -0.15) is 0 Å². The summed E-state index contributed by atoms with van der Waals surface area (Å²) in [4.78, 5) is 2.36. The Kier molecular flexibility index (Phi) is 10.9. The van der Waals surface area contributed by atoms with Crippen molar-refractivity contribution in [2.75, 3.05) is 4.90 Å². The molecule has 2 heteroatoms. The summed E-state index contributed by atoms with van der Waals surface area (Å²) in [6, 6.07) is 101. The Bertz CT molecular complexity index is 4030. The summed E-state index contributed by atoms with van der Waals surface area (Å²) in [6.45, 7) is 0. The number of hydrogen-bond donors (Lipinski definition) is 0. The van der Waals surface area contributed by atoms with E-state index < -0.39 is 0 Å². The Morgan fingerprint density at radius 1 is 0.347 bits per heavy atom. The molecule has 0 bridgehead atoms. The first-order valence-electron chi connectivity index (χ1n) is 26.2. The van der Waals surface area contributed by atoms with Crippen LogP contribution in [0.1, 0.15) is 23.1 Å². The highest BCUT2D eigenvalue weighted by molar-refractivity contribution is 6.10. The molecule has 2 aliphatic carbocycles. The average Bonchev–Trinajstić information content (AvgIpc) is 4.05. The minimum Gasteiger partial charge on any atom is -0.311 e. The third-order valence-electron chi connectivity index (χ3n) is 15.9. The summed E-state index contributed by atoms with van der Waals surface area (Å²) >= 11 is 0. The third kappa shape index (κ3) is 7.48. The van der Waals surface area contributed by atoms with Crippen molar-refractivity contribution in [3.63, 3.8) is 0 Å². The van der Waals surface area contributed by atoms with Crippen molar-refractivity contribution < 1.29 is 0 Å². The van der Waals surface area contributed by atoms with E-state index in [1.807, 2.05) is 0 Å². The normalized spacial score (nSPS) is 15.5. The van der Waals surface area contributed by atoms with Gasteiger partial charge in [0.25, 0.3) is 0 Å². The number of fused-ring (bicyclic) bond motifs is 6. The van der Waals surface area contributed by atoms with Gasteiger partial charge >= 0.3 is 0 Å². The fourth-order valence-corrected chi connectivity index (χ4v) is 12.5. The number of hydrogen-bond acceptors (Lipinski definition) is 1. The summed E-state index contributed by atoms with van der Waals surface area (Å²) < 4.78 is 2.49. The number of para-hydroxylation sites is 1. The Hall–Kier alpha value is -9.50. The van der Waals surface area contributed by atoms with Crippen molar-refractivity contribution in [1.82, 2.24) is 4.57 Å². The summed E-state index contributed by atoms with van der Waals surface area (Å²) in [7, 11) is 0. The van der Waals surface area contributed by atoms with E-state index in [0.717, 1.165) is 34.7 Å². The van der Waals surface area contributed by atoms with Gasteiger partial charge in [-0.05, 0) is 145 Å². The predicted molar refractivity (Wildman–Crippen MR) is 315 cm³/mol. The number of nitrogens with zero attached hydrogens (tertiary/aromatic N) is 2. The Morgan fingerprint density at radius 3 is 1.47 bits per heavy atom. The van der Waals surface area contributed by atoms with Gasteiger partial charge < -0.3 is 9.47 Å². The molecule has 0 saturated heterocycles. The summed E-state index contributed by atoms with van der Waals surface area (Å²) in [6.07, 6.45) is 10.2. The maximum absolute atomic E-state index is 2.49. The van der Waals surface area contributed by atoms with E-state index in [1.54, 1.807) is 0 Å². The van der Waals surface area contributed by atoms with E-state index >= 15 is 0 Å². The number of allylic oxidation sites excluding steroid dienone is 4. The Labute approximate surface area is 439 Å². The van der Waals surface area contributed by atoms with Gasteiger partial charge in [0, 0.05) is 33.5 Å². The van der Waals surface area contributed by atoms with Crippen LogP contribution in [0.15, 0.2) is 297 Å². The molecule has 0 saturated carbocycles. The zero-order valence-electron chi connectivity index (χ0n) is 41.5. The van der Waals surface area contributed by atoms with E-state index in [9.17, 15) is 0 Å². The van der Waals surface area contributed by atoms with Crippen LogP contribution in [0, 0.1) is 5.92 Å². The molecule has 0 N–H and O–H groups in total. The topological polar surface area (TPSA) is 8.17 Å². The summed E-state index contributed by atoms with van der Waals surface area (Å²) in [5, 5.41) is 2.49. The van der Waals surface area contributed by atoms with Crippen LogP contribution in [0.4, 0.5) is 17.1 Å². The first-order chi connectivity index (χ1) is 37.2. The number of aromatic nitrogens is 1. The lowest BCUT2D eigenvalue weighted by molar-refractivity contribution is 0.457. The van der Waals surface area contributed by atoms with Crippen LogP contribution in [0.25, 0.3) is 83.1 Å². The Balaban J connectivity index is 0.860. The maximum Gasteiger partial charge on any atom is 0.0547 e. The number of rotatable bonds is 10. The van der Waals surface area contributed by atoms with Gasteiger partial charge in [-0.1, -0.05) is 237 Å². The zero-order chi connectivity index (χ0) is 49.7. The van der Waals surface area contributed by atoms with E-state index in [-0.39, 0.29) is 11.3 Å². The van der Waals surface area contributed by atoms with Crippen molar-refractivity contribution in [1.29, 1.82) is 0 Å². The number of anilines is 3. The molecule has 12 aromatic rings. The maximum atomic E-state index is 2.49. The predicted octanol–water partition coefficient (Wildman–Crippen LogP) is 19.4. The standard InChI is InChI=1S/C73H52N2/c1-5-19-51(20-6-1)53-33-40-59(41-34-53)74(60-42-35-54(36-43-60)52-21-7-2-8-22-52)61-44-37-55(38-45-61)63-27-13-14-28-64(63)56-39-47-67-66-30-16-18-32-71(66)75(72(67)49-56)62-46-48-70-68(50-62)65-29-15-17-31-69(65)73(70,57-23-9-3-10-24-57)58-25-11-4-12-26-58/h1-25,27-50,58H,26H2. The van der Waals surface area contributed by atoms with Crippen molar-refractivity contribution in [3.05, 3.63) is 314 Å². The second-order valence-electron chi connectivity index (χ2n) is 19.9. The van der Waals surface area contributed by atoms with Crippen molar-refractivity contribution in [2.24, 2.45) is 5.92 Å². The lowest BCUT2D eigenvalue weighted by Crippen LogP contribution is -2.35. The van der Waals surface area contributed by atoms with E-state index in [4.69, 9.17) is 0 Å².